The Balaban J connectivity index is 1.37. The highest BCUT2D eigenvalue weighted by Crippen LogP contribution is 2.48. The van der Waals surface area contributed by atoms with Crippen LogP contribution in [0.3, 0.4) is 0 Å². The average molecular weight is 602 g/mol. The van der Waals surface area contributed by atoms with Crippen molar-refractivity contribution in [1.82, 2.24) is 0 Å². The molecule has 0 N–H and O–H groups in total. The maximum absolute atomic E-state index is 6.03. The molecule has 0 aliphatic carbocycles. The molecule has 0 saturated carbocycles. The normalized spacial score (nSPS) is 14.0. The first-order chi connectivity index (χ1) is 22.6. The number of benzene rings is 5. The number of rotatable bonds is 7. The van der Waals surface area contributed by atoms with Crippen LogP contribution in [0.15, 0.2) is 130 Å². The Kier molecular flexibility index (Phi) is 7.79. The zero-order valence-corrected chi connectivity index (χ0v) is 27.0. The van der Waals surface area contributed by atoms with Gasteiger partial charge in [0.2, 0.25) is 0 Å². The van der Waals surface area contributed by atoms with E-state index in [1.54, 1.807) is 0 Å². The molecule has 1 aliphatic rings. The van der Waals surface area contributed by atoms with Crippen molar-refractivity contribution >= 4 is 51.6 Å². The molecule has 5 aromatic carbocycles. The van der Waals surface area contributed by atoms with Crippen LogP contribution in [0.5, 0.6) is 0 Å². The summed E-state index contributed by atoms with van der Waals surface area (Å²) in [6.07, 6.45) is 7.19. The Morgan fingerprint density at radius 3 is 2.39 bits per heavy atom. The third-order valence-corrected chi connectivity index (χ3v) is 9.31. The number of aliphatic imine (C=N–C) groups is 1. The van der Waals surface area contributed by atoms with Crippen molar-refractivity contribution in [2.45, 2.75) is 40.2 Å². The Hall–Kier alpha value is -5.35. The highest BCUT2D eigenvalue weighted by Gasteiger charge is 2.31. The van der Waals surface area contributed by atoms with Crippen LogP contribution >= 0.6 is 0 Å². The van der Waals surface area contributed by atoms with E-state index in [1.165, 1.54) is 44.4 Å². The number of aryl methyl sites for hydroxylation is 1. The van der Waals surface area contributed by atoms with E-state index in [0.717, 1.165) is 40.1 Å². The number of nitrogens with zero attached hydrogens (tertiary/aromatic N) is 3. The molecule has 4 heteroatoms. The number of para-hydroxylation sites is 1. The van der Waals surface area contributed by atoms with Gasteiger partial charge in [0.15, 0.2) is 0 Å². The largest absolute Gasteiger partial charge is 0.461 e. The second-order valence-corrected chi connectivity index (χ2v) is 11.9. The molecule has 7 rings (SSSR count). The summed E-state index contributed by atoms with van der Waals surface area (Å²) in [4.78, 5) is 9.45. The molecular weight excluding hydrogens is 562 g/mol. The molecule has 1 aromatic heterocycles. The van der Waals surface area contributed by atoms with Gasteiger partial charge in [0.05, 0.1) is 24.1 Å². The Labute approximate surface area is 271 Å². The van der Waals surface area contributed by atoms with Crippen molar-refractivity contribution in [2.24, 2.45) is 4.99 Å². The van der Waals surface area contributed by atoms with Gasteiger partial charge in [0, 0.05) is 33.5 Å². The van der Waals surface area contributed by atoms with Crippen molar-refractivity contribution in [3.63, 3.8) is 0 Å². The van der Waals surface area contributed by atoms with Gasteiger partial charge in [-0.1, -0.05) is 91.9 Å². The molecule has 0 bridgehead atoms. The molecule has 1 atom stereocenters. The lowest BCUT2D eigenvalue weighted by Gasteiger charge is -2.37. The summed E-state index contributed by atoms with van der Waals surface area (Å²) in [5.41, 5.74) is 11.4. The van der Waals surface area contributed by atoms with Crippen LogP contribution in [-0.4, -0.2) is 19.4 Å². The molecule has 4 nitrogen and oxygen atoms in total. The van der Waals surface area contributed by atoms with Gasteiger partial charge >= 0.3 is 0 Å². The van der Waals surface area contributed by atoms with Gasteiger partial charge in [-0.3, -0.25) is 4.99 Å². The van der Waals surface area contributed by atoms with Gasteiger partial charge < -0.3 is 14.2 Å². The topological polar surface area (TPSA) is 32.0 Å². The summed E-state index contributed by atoms with van der Waals surface area (Å²) in [5.74, 6) is 0.942. The number of hydrogen-bond acceptors (Lipinski definition) is 4. The molecule has 2 heterocycles. The fourth-order valence-corrected chi connectivity index (χ4v) is 7.10. The zero-order valence-electron chi connectivity index (χ0n) is 27.0. The Bertz CT molecular complexity index is 2130. The van der Waals surface area contributed by atoms with Crippen LogP contribution in [0.25, 0.3) is 50.1 Å². The van der Waals surface area contributed by atoms with Gasteiger partial charge in [-0.15, -0.1) is 0 Å². The molecular formula is C42H39N3O. The lowest BCUT2D eigenvalue weighted by molar-refractivity contribution is 0.577. The van der Waals surface area contributed by atoms with Crippen LogP contribution < -0.4 is 9.80 Å². The van der Waals surface area contributed by atoms with E-state index in [0.29, 0.717) is 6.67 Å². The van der Waals surface area contributed by atoms with Gasteiger partial charge in [-0.05, 0) is 92.2 Å². The molecule has 1 aliphatic heterocycles. The molecule has 46 heavy (non-hydrogen) atoms. The van der Waals surface area contributed by atoms with Crippen molar-refractivity contribution < 1.29 is 4.42 Å². The fraction of sp³-hybridized carbons (Fsp3) is 0.167. The van der Waals surface area contributed by atoms with Crippen molar-refractivity contribution in [3.8, 4) is 22.3 Å². The summed E-state index contributed by atoms with van der Waals surface area (Å²) < 4.78 is 6.03. The standard InChI is InChI=1S/C42H39N3O/c1-6-13-33-28(4)46-41-25-21-31(26-36(33)41)29-18-22-32(23-19-29)44-27-45(38(8-3)37(7-2)43-5)40-24-20-30-14-9-10-15-34(30)42(40)35-16-11-12-17-39(35)44/h6-7,9-26,38H,5,8,27H2,1-4H3/b13-6-,37-7+. The molecule has 0 saturated heterocycles. The minimum absolute atomic E-state index is 0.0648. The number of allylic oxidation sites excluding steroid dienone is 2. The molecule has 0 radical (unpaired) electrons. The van der Waals surface area contributed by atoms with Crippen LogP contribution in [0.2, 0.25) is 0 Å². The molecule has 0 amide bonds. The first-order valence-corrected chi connectivity index (χ1v) is 16.1. The molecule has 228 valence electrons. The van der Waals surface area contributed by atoms with E-state index >= 15 is 0 Å². The van der Waals surface area contributed by atoms with Crippen LogP contribution in [-0.2, 0) is 0 Å². The average Bonchev–Trinajstić information content (AvgIpc) is 3.33. The van der Waals surface area contributed by atoms with E-state index in [2.05, 4.69) is 157 Å². The lowest BCUT2D eigenvalue weighted by Crippen LogP contribution is -2.42. The van der Waals surface area contributed by atoms with Crippen molar-refractivity contribution in [3.05, 3.63) is 132 Å². The van der Waals surface area contributed by atoms with Gasteiger partial charge in [0.1, 0.15) is 11.3 Å². The fourth-order valence-electron chi connectivity index (χ4n) is 7.10. The smallest absolute Gasteiger partial charge is 0.134 e. The maximum Gasteiger partial charge on any atom is 0.134 e. The number of anilines is 3. The molecule has 0 fully saturated rings. The highest BCUT2D eigenvalue weighted by atomic mass is 16.3. The van der Waals surface area contributed by atoms with Gasteiger partial charge in [-0.2, -0.15) is 0 Å². The van der Waals surface area contributed by atoms with Crippen LogP contribution in [0.4, 0.5) is 17.1 Å². The van der Waals surface area contributed by atoms with Gasteiger partial charge in [-0.25, -0.2) is 0 Å². The monoisotopic (exact) mass is 601 g/mol. The van der Waals surface area contributed by atoms with E-state index in [1.807, 2.05) is 13.8 Å². The molecule has 0 spiro atoms. The van der Waals surface area contributed by atoms with Crippen molar-refractivity contribution in [2.75, 3.05) is 16.5 Å². The predicted octanol–water partition coefficient (Wildman–Crippen LogP) is 11.6. The van der Waals surface area contributed by atoms with E-state index in [4.69, 9.17) is 4.42 Å². The highest BCUT2D eigenvalue weighted by molar-refractivity contribution is 6.07. The number of fused-ring (bicyclic) bond motifs is 6. The minimum atomic E-state index is 0.0648. The third-order valence-electron chi connectivity index (χ3n) is 9.31. The summed E-state index contributed by atoms with van der Waals surface area (Å²) in [7, 11) is 0. The summed E-state index contributed by atoms with van der Waals surface area (Å²) in [6, 6.07) is 37.6. The quantitative estimate of drug-likeness (QED) is 0.171. The van der Waals surface area contributed by atoms with E-state index < -0.39 is 0 Å². The van der Waals surface area contributed by atoms with Crippen LogP contribution in [0, 0.1) is 6.92 Å². The summed E-state index contributed by atoms with van der Waals surface area (Å²) in [6.45, 7) is 13.0. The lowest BCUT2D eigenvalue weighted by atomic mass is 9.94. The number of furan rings is 1. The summed E-state index contributed by atoms with van der Waals surface area (Å²) >= 11 is 0. The molecule has 6 aromatic rings. The Morgan fingerprint density at radius 2 is 1.63 bits per heavy atom. The van der Waals surface area contributed by atoms with Gasteiger partial charge in [0.25, 0.3) is 0 Å². The SMILES string of the molecule is C=N/C(=C/C)C(CC)N1CN(c2ccc(-c3ccc4oc(C)c(/C=C\C)c4c3)cc2)c2ccccc2-c2c1ccc1ccccc21. The minimum Gasteiger partial charge on any atom is -0.461 e. The second-order valence-electron chi connectivity index (χ2n) is 11.9. The van der Waals surface area contributed by atoms with E-state index in [9.17, 15) is 0 Å². The number of hydrogen-bond donors (Lipinski definition) is 0. The predicted molar refractivity (Wildman–Crippen MR) is 197 cm³/mol. The first kappa shape index (κ1) is 29.4. The maximum atomic E-state index is 6.03. The molecule has 1 unspecified atom stereocenters. The van der Waals surface area contributed by atoms with Crippen LogP contribution in [0.1, 0.15) is 38.5 Å². The Morgan fingerprint density at radius 1 is 0.870 bits per heavy atom. The summed E-state index contributed by atoms with van der Waals surface area (Å²) in [5, 5.41) is 3.62. The van der Waals surface area contributed by atoms with Crippen molar-refractivity contribution in [1.29, 1.82) is 0 Å². The first-order valence-electron chi connectivity index (χ1n) is 16.1. The zero-order chi connectivity index (χ0) is 31.8. The third kappa shape index (κ3) is 4.91. The van der Waals surface area contributed by atoms with E-state index in [-0.39, 0.29) is 6.04 Å². The second kappa shape index (κ2) is 12.2.